The summed E-state index contributed by atoms with van der Waals surface area (Å²) in [5.74, 6) is 1.71. The van der Waals surface area contributed by atoms with Crippen LogP contribution in [-0.4, -0.2) is 32.8 Å². The van der Waals surface area contributed by atoms with Gasteiger partial charge in [-0.3, -0.25) is 9.58 Å². The minimum Gasteiger partial charge on any atom is -0.296 e. The SMILES string of the molecule is Cn1ncnc1CN1CCC(c2ccccc2Br)CC1. The van der Waals surface area contributed by atoms with Gasteiger partial charge in [0.05, 0.1) is 6.54 Å². The van der Waals surface area contributed by atoms with Crippen molar-refractivity contribution in [1.82, 2.24) is 19.7 Å². The lowest BCUT2D eigenvalue weighted by Gasteiger charge is -2.32. The highest BCUT2D eigenvalue weighted by Crippen LogP contribution is 2.32. The zero-order chi connectivity index (χ0) is 13.9. The lowest BCUT2D eigenvalue weighted by Crippen LogP contribution is -2.33. The van der Waals surface area contributed by atoms with E-state index in [1.54, 1.807) is 6.33 Å². The number of likely N-dealkylation sites (tertiary alicyclic amines) is 1. The number of aryl methyl sites for hydroxylation is 1. The maximum atomic E-state index is 4.30. The largest absolute Gasteiger partial charge is 0.296 e. The number of halogens is 1. The van der Waals surface area contributed by atoms with E-state index in [1.165, 1.54) is 22.9 Å². The van der Waals surface area contributed by atoms with E-state index in [1.807, 2.05) is 11.7 Å². The smallest absolute Gasteiger partial charge is 0.140 e. The van der Waals surface area contributed by atoms with Crippen LogP contribution in [0.2, 0.25) is 0 Å². The third kappa shape index (κ3) is 2.94. The van der Waals surface area contributed by atoms with Gasteiger partial charge in [-0.15, -0.1) is 0 Å². The molecule has 0 amide bonds. The first-order valence-corrected chi connectivity index (χ1v) is 7.83. The van der Waals surface area contributed by atoms with Crippen molar-refractivity contribution >= 4 is 15.9 Å². The summed E-state index contributed by atoms with van der Waals surface area (Å²) in [6.07, 6.45) is 4.05. The lowest BCUT2D eigenvalue weighted by atomic mass is 9.89. The average molecular weight is 335 g/mol. The van der Waals surface area contributed by atoms with Crippen molar-refractivity contribution < 1.29 is 0 Å². The van der Waals surface area contributed by atoms with Crippen molar-refractivity contribution in [1.29, 1.82) is 0 Å². The van der Waals surface area contributed by atoms with Gasteiger partial charge in [-0.05, 0) is 43.5 Å². The second kappa shape index (κ2) is 6.06. The minimum absolute atomic E-state index is 0.668. The first-order chi connectivity index (χ1) is 9.74. The highest BCUT2D eigenvalue weighted by Gasteiger charge is 2.22. The average Bonchev–Trinajstić information content (AvgIpc) is 2.86. The number of aromatic nitrogens is 3. The normalized spacial score (nSPS) is 17.5. The fourth-order valence-electron chi connectivity index (χ4n) is 2.87. The van der Waals surface area contributed by atoms with E-state index in [-0.39, 0.29) is 0 Å². The maximum Gasteiger partial charge on any atom is 0.140 e. The Hall–Kier alpha value is -1.20. The molecule has 0 N–H and O–H groups in total. The number of hydrogen-bond acceptors (Lipinski definition) is 3. The summed E-state index contributed by atoms with van der Waals surface area (Å²) < 4.78 is 3.10. The van der Waals surface area contributed by atoms with Crippen molar-refractivity contribution in [3.63, 3.8) is 0 Å². The number of rotatable bonds is 3. The number of piperidine rings is 1. The van der Waals surface area contributed by atoms with Crippen LogP contribution in [0.5, 0.6) is 0 Å². The van der Waals surface area contributed by atoms with Gasteiger partial charge in [-0.25, -0.2) is 4.98 Å². The Morgan fingerprint density at radius 2 is 2.00 bits per heavy atom. The quantitative estimate of drug-likeness (QED) is 0.865. The topological polar surface area (TPSA) is 34.0 Å². The lowest BCUT2D eigenvalue weighted by molar-refractivity contribution is 0.197. The molecule has 106 valence electrons. The molecule has 1 fully saturated rings. The fraction of sp³-hybridized carbons (Fsp3) is 0.467. The van der Waals surface area contributed by atoms with Crippen LogP contribution in [0, 0.1) is 0 Å². The monoisotopic (exact) mass is 334 g/mol. The van der Waals surface area contributed by atoms with Gasteiger partial charge in [-0.2, -0.15) is 5.10 Å². The number of nitrogens with zero attached hydrogens (tertiary/aromatic N) is 4. The highest BCUT2D eigenvalue weighted by atomic mass is 79.9. The van der Waals surface area contributed by atoms with E-state index in [9.17, 15) is 0 Å². The molecule has 4 nitrogen and oxygen atoms in total. The zero-order valence-electron chi connectivity index (χ0n) is 11.7. The fourth-order valence-corrected chi connectivity index (χ4v) is 3.48. The molecule has 20 heavy (non-hydrogen) atoms. The molecule has 1 aliphatic heterocycles. The Morgan fingerprint density at radius 3 is 2.65 bits per heavy atom. The van der Waals surface area contributed by atoms with Crippen LogP contribution in [0.4, 0.5) is 0 Å². The minimum atomic E-state index is 0.668. The van der Waals surface area contributed by atoms with E-state index in [0.29, 0.717) is 5.92 Å². The van der Waals surface area contributed by atoms with Gasteiger partial charge in [0.25, 0.3) is 0 Å². The van der Waals surface area contributed by atoms with E-state index >= 15 is 0 Å². The molecule has 1 aromatic heterocycles. The van der Waals surface area contributed by atoms with Gasteiger partial charge in [-0.1, -0.05) is 34.1 Å². The first-order valence-electron chi connectivity index (χ1n) is 7.03. The van der Waals surface area contributed by atoms with E-state index < -0.39 is 0 Å². The Labute approximate surface area is 127 Å². The standard InChI is InChI=1S/C15H19BrN4/c1-19-15(17-11-18-19)10-20-8-6-12(7-9-20)13-4-2-3-5-14(13)16/h2-5,11-12H,6-10H2,1H3. The Morgan fingerprint density at radius 1 is 1.25 bits per heavy atom. The van der Waals surface area contributed by atoms with Crippen molar-refractivity contribution in [2.24, 2.45) is 7.05 Å². The summed E-state index contributed by atoms with van der Waals surface area (Å²) >= 11 is 3.67. The molecule has 2 heterocycles. The van der Waals surface area contributed by atoms with Gasteiger partial charge in [0.2, 0.25) is 0 Å². The third-order valence-corrected chi connectivity index (χ3v) is 4.82. The van der Waals surface area contributed by atoms with Crippen LogP contribution in [0.25, 0.3) is 0 Å². The van der Waals surface area contributed by atoms with Gasteiger partial charge in [0.1, 0.15) is 12.2 Å². The van der Waals surface area contributed by atoms with E-state index in [4.69, 9.17) is 0 Å². The van der Waals surface area contributed by atoms with Crippen molar-refractivity contribution in [3.05, 3.63) is 46.5 Å². The molecule has 0 bridgehead atoms. The van der Waals surface area contributed by atoms with Crippen LogP contribution >= 0.6 is 15.9 Å². The summed E-state index contributed by atoms with van der Waals surface area (Å²) in [6, 6.07) is 8.59. The Kier molecular flexibility index (Phi) is 4.17. The predicted octanol–water partition coefficient (Wildman–Crippen LogP) is 2.96. The van der Waals surface area contributed by atoms with Crippen molar-refractivity contribution in [3.8, 4) is 0 Å². The first kappa shape index (κ1) is 13.8. The Bertz CT molecular complexity index is 573. The van der Waals surface area contributed by atoms with Crippen LogP contribution in [-0.2, 0) is 13.6 Å². The Balaban J connectivity index is 1.60. The molecule has 1 aliphatic rings. The molecule has 0 unspecified atom stereocenters. The molecule has 0 atom stereocenters. The van der Waals surface area contributed by atoms with Gasteiger partial charge >= 0.3 is 0 Å². The van der Waals surface area contributed by atoms with E-state index in [0.717, 1.165) is 25.5 Å². The molecule has 0 aliphatic carbocycles. The molecule has 2 aromatic rings. The van der Waals surface area contributed by atoms with Crippen molar-refractivity contribution in [2.45, 2.75) is 25.3 Å². The van der Waals surface area contributed by atoms with Crippen LogP contribution in [0.15, 0.2) is 35.1 Å². The van der Waals surface area contributed by atoms with Crippen LogP contribution < -0.4 is 0 Å². The second-order valence-corrected chi connectivity index (χ2v) is 6.23. The number of benzene rings is 1. The van der Waals surface area contributed by atoms with Gasteiger partial charge in [0, 0.05) is 11.5 Å². The highest BCUT2D eigenvalue weighted by molar-refractivity contribution is 9.10. The molecule has 3 rings (SSSR count). The maximum absolute atomic E-state index is 4.30. The van der Waals surface area contributed by atoms with Crippen LogP contribution in [0.1, 0.15) is 30.1 Å². The second-order valence-electron chi connectivity index (χ2n) is 5.37. The van der Waals surface area contributed by atoms with E-state index in [2.05, 4.69) is 55.2 Å². The molecular formula is C15H19BrN4. The van der Waals surface area contributed by atoms with Gasteiger partial charge in [0.15, 0.2) is 0 Å². The molecule has 1 aromatic carbocycles. The summed E-state index contributed by atoms with van der Waals surface area (Å²) in [6.45, 7) is 3.15. The summed E-state index contributed by atoms with van der Waals surface area (Å²) in [4.78, 5) is 6.77. The third-order valence-electron chi connectivity index (χ3n) is 4.10. The predicted molar refractivity (Wildman–Crippen MR) is 82.4 cm³/mol. The summed E-state index contributed by atoms with van der Waals surface area (Å²) in [7, 11) is 1.95. The zero-order valence-corrected chi connectivity index (χ0v) is 13.3. The molecule has 0 radical (unpaired) electrons. The molecule has 0 spiro atoms. The van der Waals surface area contributed by atoms with Crippen LogP contribution in [0.3, 0.4) is 0 Å². The van der Waals surface area contributed by atoms with Gasteiger partial charge < -0.3 is 0 Å². The summed E-state index contributed by atoms with van der Waals surface area (Å²) in [5, 5.41) is 4.13. The summed E-state index contributed by atoms with van der Waals surface area (Å²) in [5.41, 5.74) is 1.45. The van der Waals surface area contributed by atoms with Crippen molar-refractivity contribution in [2.75, 3.05) is 13.1 Å². The number of hydrogen-bond donors (Lipinski definition) is 0. The molecule has 0 saturated carbocycles. The molecular weight excluding hydrogens is 316 g/mol. The molecule has 1 saturated heterocycles. The molecule has 5 heteroatoms.